The Kier molecular flexibility index (Phi) is 5.01. The van der Waals surface area contributed by atoms with Gasteiger partial charge in [0.15, 0.2) is 0 Å². The fourth-order valence-corrected chi connectivity index (χ4v) is 2.69. The van der Waals surface area contributed by atoms with E-state index in [2.05, 4.69) is 50.5 Å². The smallest absolute Gasteiger partial charge is 0.307 e. The Hall–Kier alpha value is -2.10. The Morgan fingerprint density at radius 1 is 1.18 bits per heavy atom. The van der Waals surface area contributed by atoms with E-state index in [-0.39, 0.29) is 6.42 Å². The molecule has 22 heavy (non-hydrogen) atoms. The molecule has 0 amide bonds. The quantitative estimate of drug-likeness (QED) is 0.830. The van der Waals surface area contributed by atoms with Gasteiger partial charge in [-0.3, -0.25) is 4.79 Å². The maximum Gasteiger partial charge on any atom is 0.307 e. The van der Waals surface area contributed by atoms with Gasteiger partial charge in [-0.2, -0.15) is 0 Å². The van der Waals surface area contributed by atoms with Crippen LogP contribution < -0.4 is 4.57 Å². The van der Waals surface area contributed by atoms with Crippen LogP contribution in [0, 0.1) is 0 Å². The molecule has 0 aliphatic rings. The number of imidazole rings is 1. The molecule has 0 saturated carbocycles. The second kappa shape index (κ2) is 6.77. The Labute approximate surface area is 132 Å². The Morgan fingerprint density at radius 2 is 1.77 bits per heavy atom. The summed E-state index contributed by atoms with van der Waals surface area (Å²) in [6.07, 6.45) is 6.06. The second-order valence-electron chi connectivity index (χ2n) is 6.30. The molecule has 0 aliphatic heterocycles. The van der Waals surface area contributed by atoms with E-state index in [4.69, 9.17) is 5.11 Å². The summed E-state index contributed by atoms with van der Waals surface area (Å²) in [5.74, 6) is 0.0952. The molecule has 0 unspecified atom stereocenters. The predicted molar refractivity (Wildman–Crippen MR) is 86.4 cm³/mol. The third kappa shape index (κ3) is 3.56. The number of benzene rings is 1. The van der Waals surface area contributed by atoms with Gasteiger partial charge in [-0.05, 0) is 11.8 Å². The van der Waals surface area contributed by atoms with Crippen LogP contribution in [0.15, 0.2) is 36.9 Å². The molecule has 118 valence electrons. The van der Waals surface area contributed by atoms with Crippen molar-refractivity contribution in [3.05, 3.63) is 48.0 Å². The van der Waals surface area contributed by atoms with Crippen LogP contribution in [0.2, 0.25) is 0 Å². The molecule has 0 bridgehead atoms. The Bertz CT molecular complexity index is 631. The fourth-order valence-electron chi connectivity index (χ4n) is 2.69. The van der Waals surface area contributed by atoms with Crippen molar-refractivity contribution in [1.82, 2.24) is 4.57 Å². The van der Waals surface area contributed by atoms with Gasteiger partial charge in [-0.1, -0.05) is 45.9 Å². The van der Waals surface area contributed by atoms with Crippen LogP contribution in [0.25, 0.3) is 5.69 Å². The van der Waals surface area contributed by atoms with E-state index in [9.17, 15) is 4.79 Å². The van der Waals surface area contributed by atoms with Crippen molar-refractivity contribution in [3.63, 3.8) is 0 Å². The highest BCUT2D eigenvalue weighted by atomic mass is 16.4. The number of hydrogen-bond donors (Lipinski definition) is 1. The van der Waals surface area contributed by atoms with E-state index in [0.717, 1.165) is 0 Å². The van der Waals surface area contributed by atoms with E-state index in [1.165, 1.54) is 16.8 Å². The zero-order chi connectivity index (χ0) is 16.3. The Morgan fingerprint density at radius 3 is 2.27 bits per heavy atom. The van der Waals surface area contributed by atoms with Gasteiger partial charge in [0.2, 0.25) is 6.33 Å². The topological polar surface area (TPSA) is 46.1 Å². The van der Waals surface area contributed by atoms with Crippen molar-refractivity contribution in [2.24, 2.45) is 0 Å². The molecule has 0 spiro atoms. The van der Waals surface area contributed by atoms with Gasteiger partial charge in [0.05, 0.1) is 6.42 Å². The van der Waals surface area contributed by atoms with Crippen LogP contribution in [0.3, 0.4) is 0 Å². The van der Waals surface area contributed by atoms with Crippen molar-refractivity contribution in [3.8, 4) is 5.69 Å². The maximum atomic E-state index is 10.7. The summed E-state index contributed by atoms with van der Waals surface area (Å²) < 4.78 is 4.04. The predicted octanol–water partition coefficient (Wildman–Crippen LogP) is 3.49. The highest BCUT2D eigenvalue weighted by Crippen LogP contribution is 2.30. The van der Waals surface area contributed by atoms with Crippen LogP contribution in [0.1, 0.15) is 57.1 Å². The molecule has 2 aromatic rings. The molecule has 0 aliphatic carbocycles. The number of carboxylic acids is 1. The monoisotopic (exact) mass is 301 g/mol. The van der Waals surface area contributed by atoms with Crippen molar-refractivity contribution in [2.45, 2.75) is 52.5 Å². The van der Waals surface area contributed by atoms with Crippen LogP contribution in [-0.4, -0.2) is 15.6 Å². The molecule has 1 aromatic carbocycles. The summed E-state index contributed by atoms with van der Waals surface area (Å²) in [5.41, 5.74) is 3.85. The molecule has 0 fully saturated rings. The molecule has 1 N–H and O–H groups in total. The van der Waals surface area contributed by atoms with E-state index in [1.54, 1.807) is 0 Å². The number of aromatic nitrogens is 2. The molecular weight excluding hydrogens is 276 g/mol. The van der Waals surface area contributed by atoms with Crippen LogP contribution in [0.5, 0.6) is 0 Å². The zero-order valence-corrected chi connectivity index (χ0v) is 13.8. The summed E-state index contributed by atoms with van der Waals surface area (Å²) in [6, 6.07) is 6.47. The van der Waals surface area contributed by atoms with Crippen LogP contribution in [-0.2, 0) is 11.3 Å². The number of aliphatic carboxylic acids is 1. The van der Waals surface area contributed by atoms with Gasteiger partial charge in [0, 0.05) is 11.1 Å². The molecule has 2 rings (SSSR count). The van der Waals surface area contributed by atoms with E-state index in [1.807, 2.05) is 23.3 Å². The van der Waals surface area contributed by atoms with Gasteiger partial charge in [0.1, 0.15) is 24.6 Å². The summed E-state index contributed by atoms with van der Waals surface area (Å²) in [4.78, 5) is 10.7. The number of para-hydroxylation sites is 1. The number of aryl methyl sites for hydroxylation is 1. The second-order valence-corrected chi connectivity index (χ2v) is 6.30. The van der Waals surface area contributed by atoms with Gasteiger partial charge in [-0.25, -0.2) is 9.13 Å². The SMILES string of the molecule is CC(C)c1cccc(C(C)C)c1-n1cc[n+](CCC(=O)O)c1. The number of nitrogens with zero attached hydrogens (tertiary/aromatic N) is 2. The molecule has 1 aromatic heterocycles. The summed E-state index contributed by atoms with van der Waals surface area (Å²) >= 11 is 0. The summed E-state index contributed by atoms with van der Waals surface area (Å²) in [7, 11) is 0. The first-order valence-corrected chi connectivity index (χ1v) is 7.82. The summed E-state index contributed by atoms with van der Waals surface area (Å²) in [5, 5.41) is 8.81. The van der Waals surface area contributed by atoms with Gasteiger partial charge in [0.25, 0.3) is 0 Å². The van der Waals surface area contributed by atoms with Gasteiger partial charge >= 0.3 is 5.97 Å². The highest BCUT2D eigenvalue weighted by Gasteiger charge is 2.20. The number of carbonyl (C=O) groups is 1. The molecule has 1 heterocycles. The van der Waals surface area contributed by atoms with E-state index >= 15 is 0 Å². The largest absolute Gasteiger partial charge is 0.481 e. The molecule has 0 radical (unpaired) electrons. The molecule has 0 saturated heterocycles. The minimum absolute atomic E-state index is 0.136. The third-order valence-corrected chi connectivity index (χ3v) is 3.88. The normalized spacial score (nSPS) is 11.4. The average molecular weight is 301 g/mol. The third-order valence-electron chi connectivity index (χ3n) is 3.88. The van der Waals surface area contributed by atoms with Crippen LogP contribution >= 0.6 is 0 Å². The van der Waals surface area contributed by atoms with E-state index < -0.39 is 5.97 Å². The van der Waals surface area contributed by atoms with Gasteiger partial charge < -0.3 is 5.11 Å². The minimum atomic E-state index is -0.772. The van der Waals surface area contributed by atoms with Gasteiger partial charge in [-0.15, -0.1) is 0 Å². The first kappa shape index (κ1) is 16.3. The van der Waals surface area contributed by atoms with Crippen molar-refractivity contribution in [1.29, 1.82) is 0 Å². The summed E-state index contributed by atoms with van der Waals surface area (Å²) in [6.45, 7) is 9.29. The molecular formula is C18H25N2O2+. The first-order chi connectivity index (χ1) is 10.4. The lowest BCUT2D eigenvalue weighted by molar-refractivity contribution is -0.695. The average Bonchev–Trinajstić information content (AvgIpc) is 2.92. The Balaban J connectivity index is 2.44. The number of rotatable bonds is 6. The van der Waals surface area contributed by atoms with Crippen molar-refractivity contribution < 1.29 is 14.5 Å². The first-order valence-electron chi connectivity index (χ1n) is 7.82. The lowest BCUT2D eigenvalue weighted by Crippen LogP contribution is -2.32. The van der Waals surface area contributed by atoms with Crippen molar-refractivity contribution in [2.75, 3.05) is 0 Å². The van der Waals surface area contributed by atoms with Crippen LogP contribution in [0.4, 0.5) is 0 Å². The maximum absolute atomic E-state index is 10.7. The minimum Gasteiger partial charge on any atom is -0.481 e. The number of carboxylic acid groups (broad SMARTS) is 1. The van der Waals surface area contributed by atoms with E-state index in [0.29, 0.717) is 18.4 Å². The van der Waals surface area contributed by atoms with Crippen molar-refractivity contribution >= 4 is 5.97 Å². The molecule has 0 atom stereocenters. The molecule has 4 nitrogen and oxygen atoms in total. The fraction of sp³-hybridized carbons (Fsp3) is 0.444. The lowest BCUT2D eigenvalue weighted by Gasteiger charge is -2.16. The lowest BCUT2D eigenvalue weighted by atomic mass is 9.92. The number of hydrogen-bond acceptors (Lipinski definition) is 1. The highest BCUT2D eigenvalue weighted by molar-refractivity contribution is 5.66. The molecule has 4 heteroatoms. The standard InChI is InChI=1S/C18H24N2O2/c1-13(2)15-6-5-7-16(14(3)4)18(15)20-11-10-19(12-20)9-8-17(21)22/h5-7,10-14H,8-9H2,1-4H3/p+1. The zero-order valence-electron chi connectivity index (χ0n) is 13.8.